The first-order chi connectivity index (χ1) is 14.1. The second-order valence-corrected chi connectivity index (χ2v) is 5.99. The van der Waals surface area contributed by atoms with Crippen molar-refractivity contribution in [1.82, 2.24) is 15.1 Å². The molecule has 0 radical (unpaired) electrons. The van der Waals surface area contributed by atoms with Gasteiger partial charge in [-0.1, -0.05) is 25.1 Å². The fraction of sp³-hybridized carbons (Fsp3) is 0.250. The lowest BCUT2D eigenvalue weighted by atomic mass is 10.2. The summed E-state index contributed by atoms with van der Waals surface area (Å²) >= 11 is 0. The number of furan rings is 1. The number of halogens is 2. The molecule has 0 saturated carbocycles. The number of para-hydroxylation sites is 1. The molecule has 152 valence electrons. The van der Waals surface area contributed by atoms with Crippen LogP contribution in [0.3, 0.4) is 0 Å². The lowest BCUT2D eigenvalue weighted by molar-refractivity contribution is -0.126. The van der Waals surface area contributed by atoms with Crippen LogP contribution >= 0.6 is 0 Å². The van der Waals surface area contributed by atoms with Crippen LogP contribution in [0.5, 0.6) is 5.75 Å². The van der Waals surface area contributed by atoms with Gasteiger partial charge in [0.1, 0.15) is 5.75 Å². The SMILES string of the molecule is CCCN(Cc1nnc(-c2ccco2)o1)C(=O)/C=C/c1ccccc1OC(F)F. The summed E-state index contributed by atoms with van der Waals surface area (Å²) in [6, 6.07) is 9.63. The molecule has 0 bridgehead atoms. The summed E-state index contributed by atoms with van der Waals surface area (Å²) in [6.45, 7) is -0.452. The van der Waals surface area contributed by atoms with Crippen LogP contribution in [0.4, 0.5) is 8.78 Å². The Bertz CT molecular complexity index is 954. The first-order valence-electron chi connectivity index (χ1n) is 8.94. The minimum Gasteiger partial charge on any atom is -0.459 e. The molecule has 0 spiro atoms. The molecular weight excluding hydrogens is 384 g/mol. The number of alkyl halides is 2. The van der Waals surface area contributed by atoms with E-state index in [-0.39, 0.29) is 30.0 Å². The molecule has 2 aromatic heterocycles. The predicted octanol–water partition coefficient (Wildman–Crippen LogP) is 4.38. The maximum Gasteiger partial charge on any atom is 0.387 e. The number of aromatic nitrogens is 2. The highest BCUT2D eigenvalue weighted by atomic mass is 19.3. The standard InChI is InChI=1S/C20H19F2N3O4/c1-2-11-25(13-17-23-24-19(29-17)16-8-5-12-27-16)18(26)10-9-14-6-3-4-7-15(14)28-20(21)22/h3-10,12,20H,2,11,13H2,1H3/b10-9+. The monoisotopic (exact) mass is 403 g/mol. The molecule has 1 aromatic carbocycles. The van der Waals surface area contributed by atoms with Gasteiger partial charge in [0.05, 0.1) is 12.8 Å². The van der Waals surface area contributed by atoms with Crippen LogP contribution in [0.25, 0.3) is 17.7 Å². The molecule has 0 aliphatic heterocycles. The molecule has 0 unspecified atom stereocenters. The summed E-state index contributed by atoms with van der Waals surface area (Å²) in [5.74, 6) is 0.591. The summed E-state index contributed by atoms with van der Waals surface area (Å²) in [7, 11) is 0. The maximum atomic E-state index is 12.6. The van der Waals surface area contributed by atoms with Crippen LogP contribution in [0.2, 0.25) is 0 Å². The average molecular weight is 403 g/mol. The lowest BCUT2D eigenvalue weighted by Crippen LogP contribution is -2.29. The van der Waals surface area contributed by atoms with Crippen molar-refractivity contribution in [1.29, 1.82) is 0 Å². The van der Waals surface area contributed by atoms with Gasteiger partial charge in [-0.3, -0.25) is 4.79 Å². The summed E-state index contributed by atoms with van der Waals surface area (Å²) in [5, 5.41) is 7.85. The van der Waals surface area contributed by atoms with Crippen molar-refractivity contribution >= 4 is 12.0 Å². The fourth-order valence-electron chi connectivity index (χ4n) is 2.61. The first-order valence-corrected chi connectivity index (χ1v) is 8.94. The Kier molecular flexibility index (Phi) is 6.72. The number of nitrogens with zero attached hydrogens (tertiary/aromatic N) is 3. The first kappa shape index (κ1) is 20.2. The topological polar surface area (TPSA) is 81.6 Å². The summed E-state index contributed by atoms with van der Waals surface area (Å²) in [5.41, 5.74) is 0.371. The number of hydrogen-bond acceptors (Lipinski definition) is 6. The summed E-state index contributed by atoms with van der Waals surface area (Å²) < 4.78 is 40.3. The summed E-state index contributed by atoms with van der Waals surface area (Å²) in [4.78, 5) is 14.1. The minimum atomic E-state index is -2.95. The molecule has 0 saturated heterocycles. The van der Waals surface area contributed by atoms with Gasteiger partial charge >= 0.3 is 6.61 Å². The number of hydrogen-bond donors (Lipinski definition) is 0. The van der Waals surface area contributed by atoms with Gasteiger partial charge in [0.25, 0.3) is 5.89 Å². The Morgan fingerprint density at radius 1 is 1.24 bits per heavy atom. The number of carbonyl (C=O) groups excluding carboxylic acids is 1. The van der Waals surface area contributed by atoms with Crippen molar-refractivity contribution in [2.24, 2.45) is 0 Å². The number of rotatable bonds is 9. The van der Waals surface area contributed by atoms with Gasteiger partial charge in [-0.15, -0.1) is 10.2 Å². The Morgan fingerprint density at radius 3 is 2.79 bits per heavy atom. The third kappa shape index (κ3) is 5.50. The molecule has 2 heterocycles. The molecule has 0 aliphatic carbocycles. The average Bonchev–Trinajstić information content (AvgIpc) is 3.38. The number of amides is 1. The molecule has 9 heteroatoms. The molecule has 0 atom stereocenters. The molecule has 0 aliphatic rings. The number of benzene rings is 1. The van der Waals surface area contributed by atoms with Gasteiger partial charge in [0.2, 0.25) is 11.8 Å². The van der Waals surface area contributed by atoms with E-state index in [9.17, 15) is 13.6 Å². The van der Waals surface area contributed by atoms with Gasteiger partial charge in [-0.05, 0) is 30.7 Å². The normalized spacial score (nSPS) is 11.3. The van der Waals surface area contributed by atoms with E-state index in [1.54, 1.807) is 30.3 Å². The third-order valence-corrected chi connectivity index (χ3v) is 3.87. The molecule has 3 rings (SSSR count). The second kappa shape index (κ2) is 9.63. The highest BCUT2D eigenvalue weighted by Crippen LogP contribution is 2.22. The van der Waals surface area contributed by atoms with Crippen molar-refractivity contribution in [2.75, 3.05) is 6.54 Å². The Morgan fingerprint density at radius 2 is 2.07 bits per heavy atom. The van der Waals surface area contributed by atoms with Crippen molar-refractivity contribution < 1.29 is 27.1 Å². The Balaban J connectivity index is 1.71. The van der Waals surface area contributed by atoms with E-state index < -0.39 is 6.61 Å². The van der Waals surface area contributed by atoms with Gasteiger partial charge in [-0.2, -0.15) is 8.78 Å². The smallest absolute Gasteiger partial charge is 0.387 e. The lowest BCUT2D eigenvalue weighted by Gasteiger charge is -2.18. The molecule has 0 N–H and O–H groups in total. The largest absolute Gasteiger partial charge is 0.459 e. The Labute approximate surface area is 165 Å². The van der Waals surface area contributed by atoms with E-state index in [2.05, 4.69) is 14.9 Å². The minimum absolute atomic E-state index is 0.00594. The van der Waals surface area contributed by atoms with Crippen LogP contribution in [-0.4, -0.2) is 34.2 Å². The zero-order chi connectivity index (χ0) is 20.6. The number of carbonyl (C=O) groups is 1. The zero-order valence-corrected chi connectivity index (χ0v) is 15.6. The molecule has 7 nitrogen and oxygen atoms in total. The Hall–Kier alpha value is -3.49. The highest BCUT2D eigenvalue weighted by Gasteiger charge is 2.17. The van der Waals surface area contributed by atoms with E-state index in [0.29, 0.717) is 24.3 Å². The van der Waals surface area contributed by atoms with Crippen molar-refractivity contribution in [2.45, 2.75) is 26.5 Å². The second-order valence-electron chi connectivity index (χ2n) is 5.99. The van der Waals surface area contributed by atoms with Gasteiger partial charge in [0.15, 0.2) is 5.76 Å². The summed E-state index contributed by atoms with van der Waals surface area (Å²) in [6.07, 6.45) is 4.94. The maximum absolute atomic E-state index is 12.6. The van der Waals surface area contributed by atoms with Crippen molar-refractivity contribution in [3.63, 3.8) is 0 Å². The van der Waals surface area contributed by atoms with E-state index in [4.69, 9.17) is 8.83 Å². The zero-order valence-electron chi connectivity index (χ0n) is 15.6. The van der Waals surface area contributed by atoms with E-state index in [1.165, 1.54) is 29.4 Å². The van der Waals surface area contributed by atoms with Crippen LogP contribution in [0, 0.1) is 0 Å². The van der Waals surface area contributed by atoms with Crippen LogP contribution in [0.1, 0.15) is 24.8 Å². The molecule has 29 heavy (non-hydrogen) atoms. The molecule has 3 aromatic rings. The van der Waals surface area contributed by atoms with Crippen LogP contribution < -0.4 is 4.74 Å². The van der Waals surface area contributed by atoms with Crippen LogP contribution in [-0.2, 0) is 11.3 Å². The predicted molar refractivity (Wildman–Crippen MR) is 99.8 cm³/mol. The third-order valence-electron chi connectivity index (χ3n) is 3.87. The van der Waals surface area contributed by atoms with Gasteiger partial charge < -0.3 is 18.5 Å². The van der Waals surface area contributed by atoms with E-state index in [1.807, 2.05) is 6.92 Å². The fourth-order valence-corrected chi connectivity index (χ4v) is 2.61. The van der Waals surface area contributed by atoms with Gasteiger partial charge in [0, 0.05) is 18.2 Å². The quantitative estimate of drug-likeness (QED) is 0.493. The van der Waals surface area contributed by atoms with Crippen molar-refractivity contribution in [3.8, 4) is 17.4 Å². The van der Waals surface area contributed by atoms with Gasteiger partial charge in [-0.25, -0.2) is 0 Å². The highest BCUT2D eigenvalue weighted by molar-refractivity contribution is 5.92. The molecule has 1 amide bonds. The van der Waals surface area contributed by atoms with Crippen LogP contribution in [0.15, 0.2) is 57.6 Å². The van der Waals surface area contributed by atoms with E-state index in [0.717, 1.165) is 0 Å². The molecular formula is C20H19F2N3O4. The molecule has 0 fully saturated rings. The van der Waals surface area contributed by atoms with Crippen molar-refractivity contribution in [3.05, 3.63) is 60.2 Å². The number of ether oxygens (including phenoxy) is 1. The van der Waals surface area contributed by atoms with E-state index >= 15 is 0 Å².